The van der Waals surface area contributed by atoms with Crippen LogP contribution in [0.4, 0.5) is 0 Å². The van der Waals surface area contributed by atoms with Crippen molar-refractivity contribution in [1.29, 1.82) is 0 Å². The van der Waals surface area contributed by atoms with E-state index in [4.69, 9.17) is 0 Å². The highest BCUT2D eigenvalue weighted by molar-refractivity contribution is 6.13. The van der Waals surface area contributed by atoms with Gasteiger partial charge in [0.1, 0.15) is 0 Å². The van der Waals surface area contributed by atoms with Crippen LogP contribution in [0.3, 0.4) is 0 Å². The highest BCUT2D eigenvalue weighted by atomic mass is 15.0. The summed E-state index contributed by atoms with van der Waals surface area (Å²) in [5.74, 6) is 0. The zero-order chi connectivity index (χ0) is 29.5. The monoisotopic (exact) mass is 573 g/mol. The Labute approximate surface area is 259 Å². The van der Waals surface area contributed by atoms with Crippen molar-refractivity contribution in [1.82, 2.24) is 13.7 Å². The predicted molar refractivity (Wildman–Crippen MR) is 189 cm³/mol. The molecule has 210 valence electrons. The van der Waals surface area contributed by atoms with E-state index >= 15 is 0 Å². The molecule has 0 saturated carbocycles. The van der Waals surface area contributed by atoms with Crippen molar-refractivity contribution < 1.29 is 0 Å². The molecule has 0 N–H and O–H groups in total. The van der Waals surface area contributed by atoms with Gasteiger partial charge >= 0.3 is 0 Å². The summed E-state index contributed by atoms with van der Waals surface area (Å²) < 4.78 is 7.20. The van der Waals surface area contributed by atoms with Crippen LogP contribution in [0.5, 0.6) is 0 Å². The first-order chi connectivity index (χ1) is 22.3. The lowest BCUT2D eigenvalue weighted by molar-refractivity contribution is 1.16. The summed E-state index contributed by atoms with van der Waals surface area (Å²) in [6, 6.07) is 59.5. The van der Waals surface area contributed by atoms with Gasteiger partial charge in [0.05, 0.1) is 33.1 Å². The molecule has 7 aromatic carbocycles. The third kappa shape index (κ3) is 3.41. The second kappa shape index (κ2) is 9.22. The number of benzene rings is 7. The number of hydrogen-bond donors (Lipinski definition) is 0. The van der Waals surface area contributed by atoms with Crippen LogP contribution in [0.1, 0.15) is 0 Å². The number of para-hydroxylation sites is 5. The van der Waals surface area contributed by atoms with Crippen molar-refractivity contribution in [2.24, 2.45) is 0 Å². The van der Waals surface area contributed by atoms with Gasteiger partial charge < -0.3 is 13.7 Å². The average Bonchev–Trinajstić information content (AvgIpc) is 3.74. The van der Waals surface area contributed by atoms with Gasteiger partial charge in [-0.15, -0.1) is 0 Å². The highest BCUT2D eigenvalue weighted by Gasteiger charge is 2.18. The minimum absolute atomic E-state index is 1.16. The van der Waals surface area contributed by atoms with Gasteiger partial charge in [0.2, 0.25) is 0 Å². The van der Waals surface area contributed by atoms with Crippen LogP contribution in [0, 0.1) is 0 Å². The summed E-state index contributed by atoms with van der Waals surface area (Å²) in [5.41, 5.74) is 10.8. The number of fused-ring (bicyclic) bond motifs is 9. The summed E-state index contributed by atoms with van der Waals surface area (Å²) in [5, 5.41) is 7.56. The van der Waals surface area contributed by atoms with Crippen LogP contribution in [0.15, 0.2) is 164 Å². The number of nitrogens with zero attached hydrogens (tertiary/aromatic N) is 3. The lowest BCUT2D eigenvalue weighted by Gasteiger charge is -2.11. The second-order valence-corrected chi connectivity index (χ2v) is 11.8. The maximum atomic E-state index is 2.42. The van der Waals surface area contributed by atoms with E-state index in [1.54, 1.807) is 0 Å². The Hall–Kier alpha value is -6.06. The Morgan fingerprint density at radius 3 is 0.956 bits per heavy atom. The van der Waals surface area contributed by atoms with E-state index in [1.807, 2.05) is 0 Å². The Kier molecular flexibility index (Phi) is 5.00. The van der Waals surface area contributed by atoms with Crippen LogP contribution in [-0.4, -0.2) is 13.7 Å². The van der Waals surface area contributed by atoms with E-state index in [-0.39, 0.29) is 0 Å². The second-order valence-electron chi connectivity index (χ2n) is 11.8. The third-order valence-corrected chi connectivity index (χ3v) is 9.42. The molecule has 0 atom stereocenters. The van der Waals surface area contributed by atoms with E-state index in [1.165, 1.54) is 76.8 Å². The van der Waals surface area contributed by atoms with Gasteiger partial charge in [0.15, 0.2) is 0 Å². The summed E-state index contributed by atoms with van der Waals surface area (Å²) >= 11 is 0. The molecule has 0 bridgehead atoms. The molecule has 3 heterocycles. The minimum Gasteiger partial charge on any atom is -0.309 e. The van der Waals surface area contributed by atoms with E-state index in [0.717, 1.165) is 5.69 Å². The summed E-state index contributed by atoms with van der Waals surface area (Å²) in [6.07, 6.45) is 0. The van der Waals surface area contributed by atoms with Gasteiger partial charge in [-0.2, -0.15) is 0 Å². The quantitative estimate of drug-likeness (QED) is 0.200. The molecule has 0 aliphatic rings. The van der Waals surface area contributed by atoms with Gasteiger partial charge in [-0.3, -0.25) is 0 Å². The summed E-state index contributed by atoms with van der Waals surface area (Å²) in [6.45, 7) is 0. The van der Waals surface area contributed by atoms with Crippen molar-refractivity contribution in [3.8, 4) is 17.1 Å². The fourth-order valence-electron chi connectivity index (χ4n) is 7.53. The maximum absolute atomic E-state index is 2.42. The minimum atomic E-state index is 1.16. The fourth-order valence-corrected chi connectivity index (χ4v) is 7.53. The van der Waals surface area contributed by atoms with Crippen molar-refractivity contribution >= 4 is 65.4 Å². The lowest BCUT2D eigenvalue weighted by Crippen LogP contribution is -1.96. The molecule has 45 heavy (non-hydrogen) atoms. The van der Waals surface area contributed by atoms with Gasteiger partial charge in [0, 0.05) is 49.4 Å². The first-order valence-electron chi connectivity index (χ1n) is 15.5. The average molecular weight is 574 g/mol. The molecule has 0 spiro atoms. The Morgan fingerprint density at radius 1 is 0.222 bits per heavy atom. The van der Waals surface area contributed by atoms with Gasteiger partial charge in [0.25, 0.3) is 0 Å². The Morgan fingerprint density at radius 2 is 0.533 bits per heavy atom. The molecule has 0 fully saturated rings. The Bertz CT molecular complexity index is 2700. The standard InChI is InChI=1S/C42H27N3/c1-2-12-28(13-3-1)43-39-20-10-6-16-33(39)35-27-30(22-24-41(35)43)45-40-21-11-7-17-34(40)36-26-29(23-25-42(36)45)44-37-18-8-4-14-31(37)32-15-5-9-19-38(32)44/h1-27H. The number of hydrogen-bond acceptors (Lipinski definition) is 0. The smallest absolute Gasteiger partial charge is 0.0542 e. The van der Waals surface area contributed by atoms with Crippen molar-refractivity contribution in [3.05, 3.63) is 164 Å². The number of rotatable bonds is 3. The molecule has 0 radical (unpaired) electrons. The predicted octanol–water partition coefficient (Wildman–Crippen LogP) is 11.0. The molecule has 0 saturated heterocycles. The highest BCUT2D eigenvalue weighted by Crippen LogP contribution is 2.39. The van der Waals surface area contributed by atoms with E-state index < -0.39 is 0 Å². The molecule has 0 unspecified atom stereocenters. The van der Waals surface area contributed by atoms with Crippen LogP contribution in [0.2, 0.25) is 0 Å². The zero-order valence-corrected chi connectivity index (χ0v) is 24.4. The summed E-state index contributed by atoms with van der Waals surface area (Å²) in [4.78, 5) is 0. The molecule has 10 rings (SSSR count). The SMILES string of the molecule is c1ccc(-n2c3ccccc3c3cc(-n4c5ccccc5c5cc(-n6c7ccccc7c7ccccc76)ccc54)ccc32)cc1. The first-order valence-corrected chi connectivity index (χ1v) is 15.5. The van der Waals surface area contributed by atoms with E-state index in [9.17, 15) is 0 Å². The van der Waals surface area contributed by atoms with Crippen molar-refractivity contribution in [3.63, 3.8) is 0 Å². The van der Waals surface area contributed by atoms with Crippen LogP contribution in [0.25, 0.3) is 82.5 Å². The molecule has 0 amide bonds. The maximum Gasteiger partial charge on any atom is 0.0542 e. The normalized spacial score (nSPS) is 12.0. The van der Waals surface area contributed by atoms with Crippen LogP contribution < -0.4 is 0 Å². The molecule has 3 heteroatoms. The first kappa shape index (κ1) is 24.4. The zero-order valence-electron chi connectivity index (χ0n) is 24.4. The summed E-state index contributed by atoms with van der Waals surface area (Å²) in [7, 11) is 0. The third-order valence-electron chi connectivity index (χ3n) is 9.42. The van der Waals surface area contributed by atoms with E-state index in [2.05, 4.69) is 177 Å². The van der Waals surface area contributed by atoms with Crippen LogP contribution >= 0.6 is 0 Å². The fraction of sp³-hybridized carbons (Fsp3) is 0. The molecule has 3 nitrogen and oxygen atoms in total. The molecule has 0 aliphatic carbocycles. The molecular weight excluding hydrogens is 546 g/mol. The lowest BCUT2D eigenvalue weighted by atomic mass is 10.1. The largest absolute Gasteiger partial charge is 0.309 e. The Balaban J connectivity index is 1.24. The number of aromatic nitrogens is 3. The molecular formula is C42H27N3. The topological polar surface area (TPSA) is 14.8 Å². The molecule has 3 aromatic heterocycles. The van der Waals surface area contributed by atoms with Crippen molar-refractivity contribution in [2.75, 3.05) is 0 Å². The van der Waals surface area contributed by atoms with Gasteiger partial charge in [-0.1, -0.05) is 91.0 Å². The van der Waals surface area contributed by atoms with Crippen LogP contribution in [-0.2, 0) is 0 Å². The van der Waals surface area contributed by atoms with Gasteiger partial charge in [-0.25, -0.2) is 0 Å². The molecule has 10 aromatic rings. The van der Waals surface area contributed by atoms with Crippen molar-refractivity contribution in [2.45, 2.75) is 0 Å². The van der Waals surface area contributed by atoms with E-state index in [0.29, 0.717) is 0 Å². The van der Waals surface area contributed by atoms with Gasteiger partial charge in [-0.05, 0) is 72.8 Å². The molecule has 0 aliphatic heterocycles.